The van der Waals surface area contributed by atoms with Gasteiger partial charge in [0, 0.05) is 0 Å². The minimum absolute atomic E-state index is 0. The van der Waals surface area contributed by atoms with Gasteiger partial charge in [0.1, 0.15) is 0 Å². The average Bonchev–Trinajstić information content (AvgIpc) is 0. The third-order valence-electron chi connectivity index (χ3n) is 0. The first-order chi connectivity index (χ1) is 0. The van der Waals surface area contributed by atoms with Crippen LogP contribution in [0.2, 0.25) is 0 Å². The van der Waals surface area contributed by atoms with Gasteiger partial charge in [-0.25, -0.2) is 0 Å². The van der Waals surface area contributed by atoms with Crippen molar-refractivity contribution in [2.75, 3.05) is 0 Å². The van der Waals surface area contributed by atoms with Crippen molar-refractivity contribution in [3.05, 3.63) is 0 Å². The standard InChI is InChI=1S/7BrH.2Ir/h7*1H;;/q;;;;;;;+3;+4/p-7. The fourth-order valence-corrected chi connectivity index (χ4v) is 0. The van der Waals surface area contributed by atoms with Crippen molar-refractivity contribution in [3.63, 3.8) is 0 Å². The van der Waals surface area contributed by atoms with Crippen molar-refractivity contribution in [1.29, 1.82) is 0 Å². The quantitative estimate of drug-likeness (QED) is 0.227. The van der Waals surface area contributed by atoms with Crippen molar-refractivity contribution in [1.82, 2.24) is 0 Å². The fraction of sp³-hybridized carbons (Fsp3) is 0. The molecule has 0 atom stereocenters. The van der Waals surface area contributed by atoms with E-state index in [1.807, 2.05) is 0 Å². The van der Waals surface area contributed by atoms with Gasteiger partial charge in [-0.2, -0.15) is 0 Å². The van der Waals surface area contributed by atoms with Crippen LogP contribution in [0.1, 0.15) is 0 Å². The number of hydrogen-bond donors (Lipinski definition) is 0. The second-order valence-corrected chi connectivity index (χ2v) is 0. The van der Waals surface area contributed by atoms with E-state index in [-0.39, 0.29) is 159 Å². The Morgan fingerprint density at radius 3 is 0.333 bits per heavy atom. The summed E-state index contributed by atoms with van der Waals surface area (Å²) in [5, 5.41) is 0. The predicted octanol–water partition coefficient (Wildman–Crippen LogP) is -21.0. The van der Waals surface area contributed by atoms with Gasteiger partial charge in [0.05, 0.1) is 0 Å². The summed E-state index contributed by atoms with van der Waals surface area (Å²) < 4.78 is 0. The van der Waals surface area contributed by atoms with Gasteiger partial charge >= 0.3 is 40.2 Å². The average molecular weight is 944 g/mol. The SMILES string of the molecule is [Br-].[Br-].[Br-].[Br-].[Br-].[Br-].[Br-].[Ir+3].[Ir+4]. The van der Waals surface area contributed by atoms with Crippen LogP contribution in [0.15, 0.2) is 0 Å². The van der Waals surface area contributed by atoms with Crippen LogP contribution in [0.5, 0.6) is 0 Å². The van der Waals surface area contributed by atoms with Crippen LogP contribution >= 0.6 is 0 Å². The summed E-state index contributed by atoms with van der Waals surface area (Å²) in [7, 11) is 0. The van der Waals surface area contributed by atoms with Crippen molar-refractivity contribution in [2.45, 2.75) is 0 Å². The summed E-state index contributed by atoms with van der Waals surface area (Å²) in [4.78, 5) is 0. The first-order valence-electron chi connectivity index (χ1n) is 0. The Balaban J connectivity index is 0. The minimum atomic E-state index is 0. The smallest absolute Gasteiger partial charge is 1.00 e. The monoisotopic (exact) mass is 938 g/mol. The van der Waals surface area contributed by atoms with Crippen LogP contribution in [0.25, 0.3) is 0 Å². The first-order valence-corrected chi connectivity index (χ1v) is 0. The van der Waals surface area contributed by atoms with Gasteiger partial charge in [0.15, 0.2) is 0 Å². The Labute approximate surface area is 156 Å². The van der Waals surface area contributed by atoms with Crippen molar-refractivity contribution in [3.8, 4) is 0 Å². The molecule has 0 nitrogen and oxygen atoms in total. The molecule has 0 bridgehead atoms. The summed E-state index contributed by atoms with van der Waals surface area (Å²) in [6, 6.07) is 0. The molecule has 1 radical (unpaired) electrons. The van der Waals surface area contributed by atoms with Crippen molar-refractivity contribution >= 4 is 0 Å². The zero-order chi connectivity index (χ0) is 0. The van der Waals surface area contributed by atoms with Gasteiger partial charge in [-0.1, -0.05) is 0 Å². The molecule has 0 unspecified atom stereocenters. The van der Waals surface area contributed by atoms with Crippen molar-refractivity contribution < 1.29 is 159 Å². The van der Waals surface area contributed by atoms with Crippen molar-refractivity contribution in [2.24, 2.45) is 0 Å². The topological polar surface area (TPSA) is 0 Å². The van der Waals surface area contributed by atoms with E-state index in [0.717, 1.165) is 0 Å². The maximum Gasteiger partial charge on any atom is 4.00 e. The Morgan fingerprint density at radius 2 is 0.333 bits per heavy atom. The van der Waals surface area contributed by atoms with Gasteiger partial charge in [-0.05, 0) is 0 Å². The van der Waals surface area contributed by atoms with Crippen LogP contribution in [0.4, 0.5) is 0 Å². The molecule has 0 saturated heterocycles. The Hall–Kier alpha value is 4.66. The van der Waals surface area contributed by atoms with Gasteiger partial charge in [0.2, 0.25) is 0 Å². The molecule has 0 amide bonds. The molecule has 0 heterocycles. The maximum atomic E-state index is 0. The molecule has 0 N–H and O–H groups in total. The van der Waals surface area contributed by atoms with Crippen LogP contribution in [-0.2, 0) is 40.2 Å². The molecular formula is Br7Ir2. The zero-order valence-electron chi connectivity index (χ0n) is 3.31. The Morgan fingerprint density at radius 1 is 0.333 bits per heavy atom. The largest absolute Gasteiger partial charge is 4.00 e. The number of halogens is 7. The van der Waals surface area contributed by atoms with E-state index in [9.17, 15) is 0 Å². The van der Waals surface area contributed by atoms with E-state index < -0.39 is 0 Å². The second kappa shape index (κ2) is 79.3. The molecule has 0 aliphatic rings. The van der Waals surface area contributed by atoms with E-state index in [1.54, 1.807) is 0 Å². The van der Waals surface area contributed by atoms with Crippen LogP contribution in [-0.4, -0.2) is 0 Å². The van der Waals surface area contributed by atoms with Gasteiger partial charge in [-0.3, -0.25) is 0 Å². The van der Waals surface area contributed by atoms with Crippen LogP contribution in [0, 0.1) is 0 Å². The molecule has 9 heteroatoms. The Bertz CT molecular complexity index is 6.88. The normalized spacial score (nSPS) is 0. The molecule has 0 spiro atoms. The van der Waals surface area contributed by atoms with Crippen LogP contribution in [0.3, 0.4) is 0 Å². The molecule has 0 fully saturated rings. The molecule has 0 rings (SSSR count). The first kappa shape index (κ1) is 101. The van der Waals surface area contributed by atoms with E-state index in [0.29, 0.717) is 0 Å². The molecule has 0 saturated carbocycles. The van der Waals surface area contributed by atoms with Gasteiger partial charge in [-0.15, -0.1) is 0 Å². The van der Waals surface area contributed by atoms with E-state index in [1.165, 1.54) is 0 Å². The molecule has 0 aromatic carbocycles. The molecule has 9 heavy (non-hydrogen) atoms. The van der Waals surface area contributed by atoms with E-state index in [4.69, 9.17) is 0 Å². The molecule has 0 aromatic rings. The predicted molar refractivity (Wildman–Crippen MR) is 0 cm³/mol. The van der Waals surface area contributed by atoms with E-state index >= 15 is 0 Å². The third-order valence-corrected chi connectivity index (χ3v) is 0. The zero-order valence-corrected chi connectivity index (χ0v) is 19.2. The fourth-order valence-electron chi connectivity index (χ4n) is 0. The third kappa shape index (κ3) is 66.3. The molecule has 67 valence electrons. The molecule has 0 aromatic heterocycles. The number of hydrogen-bond acceptors (Lipinski definition) is 0. The summed E-state index contributed by atoms with van der Waals surface area (Å²) in [6.45, 7) is 0. The molecular weight excluding hydrogens is 944 g/mol. The van der Waals surface area contributed by atoms with Crippen LogP contribution < -0.4 is 119 Å². The number of rotatable bonds is 0. The molecule has 0 aliphatic heterocycles. The summed E-state index contributed by atoms with van der Waals surface area (Å²) in [5.41, 5.74) is 0. The summed E-state index contributed by atoms with van der Waals surface area (Å²) in [6.07, 6.45) is 0. The van der Waals surface area contributed by atoms with E-state index in [2.05, 4.69) is 0 Å². The second-order valence-electron chi connectivity index (χ2n) is 0. The summed E-state index contributed by atoms with van der Waals surface area (Å²) in [5.74, 6) is 0. The Kier molecular flexibility index (Phi) is 888. The molecule has 0 aliphatic carbocycles. The maximum absolute atomic E-state index is 0. The summed E-state index contributed by atoms with van der Waals surface area (Å²) >= 11 is 0. The minimum Gasteiger partial charge on any atom is -1.00 e. The van der Waals surface area contributed by atoms with Gasteiger partial charge < -0.3 is 119 Å². The van der Waals surface area contributed by atoms with Gasteiger partial charge in [0.25, 0.3) is 0 Å².